The number of Topliss-reactive ketones (excluding diaryl/α,β-unsaturated/α-hetero) is 2. The van der Waals surface area contributed by atoms with E-state index >= 15 is 0 Å². The van der Waals surface area contributed by atoms with Crippen LogP contribution in [0.1, 0.15) is 40.5 Å². The first kappa shape index (κ1) is 15.8. The van der Waals surface area contributed by atoms with Gasteiger partial charge in [0, 0.05) is 6.61 Å². The Morgan fingerprint density at radius 1 is 1.00 bits per heavy atom. The van der Waals surface area contributed by atoms with Gasteiger partial charge in [0.2, 0.25) is 0 Å². The van der Waals surface area contributed by atoms with Crippen LogP contribution in [0.4, 0.5) is 0 Å². The molecule has 0 aliphatic rings. The molecule has 5 nitrogen and oxygen atoms in total. The molecule has 0 unspecified atom stereocenters. The van der Waals surface area contributed by atoms with Gasteiger partial charge in [0.15, 0.2) is 11.6 Å². The van der Waals surface area contributed by atoms with Crippen molar-refractivity contribution in [1.29, 1.82) is 0 Å². The molecule has 0 saturated carbocycles. The molecule has 5 heteroatoms. The fourth-order valence-corrected chi connectivity index (χ4v) is 1.09. The molecule has 0 rings (SSSR count). The summed E-state index contributed by atoms with van der Waals surface area (Å²) in [4.78, 5) is 33.8. The van der Waals surface area contributed by atoms with E-state index in [9.17, 15) is 14.4 Å². The second-order valence-corrected chi connectivity index (χ2v) is 4.65. The molecule has 0 aliphatic heterocycles. The van der Waals surface area contributed by atoms with Crippen molar-refractivity contribution in [2.24, 2.45) is 0 Å². The van der Waals surface area contributed by atoms with Crippen molar-refractivity contribution < 1.29 is 23.9 Å². The molecule has 0 aromatic rings. The second-order valence-electron chi connectivity index (χ2n) is 4.65. The Balaban J connectivity index is 3.94. The van der Waals surface area contributed by atoms with Crippen LogP contribution in [0, 0.1) is 0 Å². The first-order valence-corrected chi connectivity index (χ1v) is 5.57. The maximum atomic E-state index is 11.3. The average molecular weight is 244 g/mol. The Bertz CT molecular complexity index is 288. The summed E-state index contributed by atoms with van der Waals surface area (Å²) in [6.07, 6.45) is -0.644. The molecule has 0 radical (unpaired) electrons. The molecule has 0 N–H and O–H groups in total. The minimum absolute atomic E-state index is 0.0867. The van der Waals surface area contributed by atoms with Gasteiger partial charge in [-0.05, 0) is 27.7 Å². The van der Waals surface area contributed by atoms with Gasteiger partial charge in [0.1, 0.15) is 18.6 Å². The number of hydrogen-bond acceptors (Lipinski definition) is 5. The predicted molar refractivity (Wildman–Crippen MR) is 61.6 cm³/mol. The molecule has 0 aromatic heterocycles. The summed E-state index contributed by atoms with van der Waals surface area (Å²) >= 11 is 0. The zero-order valence-electron chi connectivity index (χ0n) is 10.9. The fraction of sp³-hybridized carbons (Fsp3) is 0.750. The smallest absolute Gasteiger partial charge is 0.313 e. The molecule has 0 aliphatic carbocycles. The Labute approximate surface area is 101 Å². The summed E-state index contributed by atoms with van der Waals surface area (Å²) in [5.74, 6) is -1.36. The van der Waals surface area contributed by atoms with Gasteiger partial charge in [-0.3, -0.25) is 14.4 Å². The molecule has 0 saturated heterocycles. The second kappa shape index (κ2) is 7.17. The third-order valence-corrected chi connectivity index (χ3v) is 1.62. The zero-order chi connectivity index (χ0) is 13.5. The van der Waals surface area contributed by atoms with Gasteiger partial charge in [-0.25, -0.2) is 0 Å². The Morgan fingerprint density at radius 3 is 2.06 bits per heavy atom. The van der Waals surface area contributed by atoms with Crippen molar-refractivity contribution in [2.75, 3.05) is 13.2 Å². The van der Waals surface area contributed by atoms with Gasteiger partial charge in [-0.1, -0.05) is 0 Å². The molecule has 0 atom stereocenters. The third kappa shape index (κ3) is 9.68. The van der Waals surface area contributed by atoms with Crippen LogP contribution in [0.3, 0.4) is 0 Å². The average Bonchev–Trinajstić information content (AvgIpc) is 2.10. The van der Waals surface area contributed by atoms with Gasteiger partial charge in [-0.2, -0.15) is 0 Å². The largest absolute Gasteiger partial charge is 0.460 e. The van der Waals surface area contributed by atoms with E-state index in [2.05, 4.69) is 0 Å². The Morgan fingerprint density at radius 2 is 1.59 bits per heavy atom. The molecule has 17 heavy (non-hydrogen) atoms. The van der Waals surface area contributed by atoms with Crippen LogP contribution in [-0.4, -0.2) is 36.4 Å². The van der Waals surface area contributed by atoms with E-state index in [0.717, 1.165) is 0 Å². The minimum atomic E-state index is -0.618. The van der Waals surface area contributed by atoms with E-state index in [1.54, 1.807) is 27.7 Å². The quantitative estimate of drug-likeness (QED) is 0.498. The zero-order valence-corrected chi connectivity index (χ0v) is 10.9. The van der Waals surface area contributed by atoms with E-state index in [-0.39, 0.29) is 25.2 Å². The molecular weight excluding hydrogens is 224 g/mol. The number of esters is 1. The van der Waals surface area contributed by atoms with Crippen LogP contribution in [0.5, 0.6) is 0 Å². The maximum absolute atomic E-state index is 11.3. The molecule has 0 aromatic carbocycles. The van der Waals surface area contributed by atoms with Crippen LogP contribution >= 0.6 is 0 Å². The van der Waals surface area contributed by atoms with Crippen molar-refractivity contribution in [1.82, 2.24) is 0 Å². The van der Waals surface area contributed by atoms with Gasteiger partial charge in [-0.15, -0.1) is 0 Å². The third-order valence-electron chi connectivity index (χ3n) is 1.62. The minimum Gasteiger partial charge on any atom is -0.460 e. The predicted octanol–water partition coefficient (Wildman–Crippen LogP) is 1.28. The molecule has 0 heterocycles. The molecule has 0 bridgehead atoms. The van der Waals surface area contributed by atoms with E-state index in [0.29, 0.717) is 6.61 Å². The summed E-state index contributed by atoms with van der Waals surface area (Å²) in [6, 6.07) is 0. The lowest BCUT2D eigenvalue weighted by Crippen LogP contribution is -2.26. The highest BCUT2D eigenvalue weighted by Gasteiger charge is 2.20. The highest BCUT2D eigenvalue weighted by atomic mass is 16.6. The number of ketones is 2. The Kier molecular flexibility index (Phi) is 6.65. The standard InChI is InChI=1S/C12H20O5/c1-5-16-8-10(14)6-9(13)7-11(15)17-12(2,3)4/h5-8H2,1-4H3. The summed E-state index contributed by atoms with van der Waals surface area (Å²) in [5, 5.41) is 0. The van der Waals surface area contributed by atoms with E-state index in [4.69, 9.17) is 9.47 Å². The van der Waals surface area contributed by atoms with Crippen molar-refractivity contribution in [2.45, 2.75) is 46.1 Å². The van der Waals surface area contributed by atoms with Gasteiger partial charge in [0.05, 0.1) is 6.42 Å². The topological polar surface area (TPSA) is 69.7 Å². The SMILES string of the molecule is CCOCC(=O)CC(=O)CC(=O)OC(C)(C)C. The summed E-state index contributed by atoms with van der Waals surface area (Å²) in [5.41, 5.74) is -0.618. The molecule has 0 fully saturated rings. The lowest BCUT2D eigenvalue weighted by molar-refractivity contribution is -0.156. The van der Waals surface area contributed by atoms with Crippen molar-refractivity contribution >= 4 is 17.5 Å². The summed E-state index contributed by atoms with van der Waals surface area (Å²) in [7, 11) is 0. The number of rotatable bonds is 7. The van der Waals surface area contributed by atoms with Crippen molar-refractivity contribution in [3.05, 3.63) is 0 Å². The fourth-order valence-electron chi connectivity index (χ4n) is 1.09. The first-order valence-electron chi connectivity index (χ1n) is 5.57. The van der Waals surface area contributed by atoms with Crippen LogP contribution in [0.2, 0.25) is 0 Å². The first-order chi connectivity index (χ1) is 7.74. The lowest BCUT2D eigenvalue weighted by Gasteiger charge is -2.19. The highest BCUT2D eigenvalue weighted by Crippen LogP contribution is 2.08. The van der Waals surface area contributed by atoms with Crippen LogP contribution < -0.4 is 0 Å². The van der Waals surface area contributed by atoms with Crippen molar-refractivity contribution in [3.63, 3.8) is 0 Å². The number of hydrogen-bond donors (Lipinski definition) is 0. The normalized spacial score (nSPS) is 11.1. The van der Waals surface area contributed by atoms with Gasteiger partial charge in [0.25, 0.3) is 0 Å². The molecule has 0 amide bonds. The van der Waals surface area contributed by atoms with Crippen molar-refractivity contribution in [3.8, 4) is 0 Å². The monoisotopic (exact) mass is 244 g/mol. The molecular formula is C12H20O5. The van der Waals surface area contributed by atoms with Crippen LogP contribution in [0.25, 0.3) is 0 Å². The lowest BCUT2D eigenvalue weighted by atomic mass is 10.1. The number of carbonyl (C=O) groups is 3. The molecule has 0 spiro atoms. The summed E-state index contributed by atoms with van der Waals surface area (Å²) in [6.45, 7) is 7.25. The number of ether oxygens (including phenoxy) is 2. The Hall–Kier alpha value is -1.23. The van der Waals surface area contributed by atoms with E-state index in [1.165, 1.54) is 0 Å². The summed E-state index contributed by atoms with van der Waals surface area (Å²) < 4.78 is 9.83. The van der Waals surface area contributed by atoms with E-state index < -0.39 is 17.4 Å². The van der Waals surface area contributed by atoms with E-state index in [1.807, 2.05) is 0 Å². The maximum Gasteiger partial charge on any atom is 0.313 e. The highest BCUT2D eigenvalue weighted by molar-refractivity contribution is 6.05. The molecule has 98 valence electrons. The van der Waals surface area contributed by atoms with Gasteiger partial charge < -0.3 is 9.47 Å². The van der Waals surface area contributed by atoms with Crippen LogP contribution in [-0.2, 0) is 23.9 Å². The van der Waals surface area contributed by atoms with Gasteiger partial charge >= 0.3 is 5.97 Å². The van der Waals surface area contributed by atoms with Crippen LogP contribution in [0.15, 0.2) is 0 Å². The number of carbonyl (C=O) groups excluding carboxylic acids is 3.